The molecule has 0 atom stereocenters. The summed E-state index contributed by atoms with van der Waals surface area (Å²) in [7, 11) is 1.48. The highest BCUT2D eigenvalue weighted by molar-refractivity contribution is 6.30. The molecule has 0 aliphatic heterocycles. The number of aromatic hydroxyl groups is 1. The van der Waals surface area contributed by atoms with Crippen LogP contribution in [0.3, 0.4) is 0 Å². The Morgan fingerprint density at radius 3 is 2.21 bits per heavy atom. The molecule has 0 spiro atoms. The molecule has 0 aliphatic carbocycles. The number of amides is 2. The lowest BCUT2D eigenvalue weighted by Crippen LogP contribution is -2.12. The first kappa shape index (κ1) is 27.5. The van der Waals surface area contributed by atoms with E-state index in [2.05, 4.69) is 25.8 Å². The van der Waals surface area contributed by atoms with E-state index in [9.17, 15) is 14.7 Å². The topological polar surface area (TPSA) is 128 Å². The van der Waals surface area contributed by atoms with E-state index in [0.29, 0.717) is 38.6 Å². The van der Waals surface area contributed by atoms with Crippen LogP contribution in [0.15, 0.2) is 113 Å². The van der Waals surface area contributed by atoms with E-state index in [1.807, 2.05) is 42.5 Å². The summed E-state index contributed by atoms with van der Waals surface area (Å²) in [5.41, 5.74) is 3.02. The van der Waals surface area contributed by atoms with E-state index in [0.717, 1.165) is 10.9 Å². The third-order valence-corrected chi connectivity index (χ3v) is 7.08. The number of phenolic OH excluding ortho intramolecular Hbond substituents is 1. The van der Waals surface area contributed by atoms with Crippen LogP contribution in [-0.4, -0.2) is 29.0 Å². The summed E-state index contributed by atoms with van der Waals surface area (Å²) >= 11 is 5.99. The van der Waals surface area contributed by atoms with Gasteiger partial charge in [-0.2, -0.15) is 0 Å². The lowest BCUT2D eigenvalue weighted by molar-refractivity contribution is 0.101. The van der Waals surface area contributed by atoms with Gasteiger partial charge in [0, 0.05) is 38.3 Å². The standard InChI is InChI=1S/C33H24ClN5O4/c1-43-28-16-11-19(32(41)35-21-7-3-2-4-8-21)17-26(28)38-39-27-18-24-23-9-5-6-10-25(23)37-30(24)29(31(27)40)33(42)36-22-14-12-20(34)13-15-22/h2-18,37,40H,1H3,(H,35,41)(H,36,42). The van der Waals surface area contributed by atoms with Gasteiger partial charge in [0.15, 0.2) is 5.75 Å². The van der Waals surface area contributed by atoms with Gasteiger partial charge >= 0.3 is 0 Å². The first-order valence-corrected chi connectivity index (χ1v) is 13.6. The molecule has 10 heteroatoms. The fraction of sp³-hybridized carbons (Fsp3) is 0.0303. The minimum Gasteiger partial charge on any atom is -0.505 e. The number of para-hydroxylation sites is 2. The number of azo groups is 1. The Kier molecular flexibility index (Phi) is 7.46. The normalized spacial score (nSPS) is 11.2. The van der Waals surface area contributed by atoms with Crippen molar-refractivity contribution in [2.24, 2.45) is 10.2 Å². The third-order valence-electron chi connectivity index (χ3n) is 6.82. The van der Waals surface area contributed by atoms with Gasteiger partial charge in [-0.05, 0) is 66.7 Å². The van der Waals surface area contributed by atoms with Gasteiger partial charge in [0.2, 0.25) is 0 Å². The maximum absolute atomic E-state index is 13.5. The molecule has 5 aromatic carbocycles. The number of aromatic amines is 1. The molecule has 1 heterocycles. The van der Waals surface area contributed by atoms with Crippen molar-refractivity contribution in [1.29, 1.82) is 0 Å². The summed E-state index contributed by atoms with van der Waals surface area (Å²) in [5, 5.41) is 27.7. The number of anilines is 2. The van der Waals surface area contributed by atoms with Gasteiger partial charge in [-0.15, -0.1) is 10.2 Å². The molecular formula is C33H24ClN5O4. The van der Waals surface area contributed by atoms with Crippen molar-refractivity contribution in [2.45, 2.75) is 0 Å². The number of aromatic nitrogens is 1. The van der Waals surface area contributed by atoms with Crippen molar-refractivity contribution in [3.63, 3.8) is 0 Å². The monoisotopic (exact) mass is 589 g/mol. The van der Waals surface area contributed by atoms with Crippen LogP contribution in [0.2, 0.25) is 5.02 Å². The van der Waals surface area contributed by atoms with Crippen LogP contribution in [0.1, 0.15) is 20.7 Å². The summed E-state index contributed by atoms with van der Waals surface area (Å²) in [6.45, 7) is 0. The molecule has 4 N–H and O–H groups in total. The van der Waals surface area contributed by atoms with Crippen molar-refractivity contribution in [2.75, 3.05) is 17.7 Å². The molecule has 9 nitrogen and oxygen atoms in total. The number of hydrogen-bond acceptors (Lipinski definition) is 6. The second-order valence-electron chi connectivity index (χ2n) is 9.58. The summed E-state index contributed by atoms with van der Waals surface area (Å²) in [6.07, 6.45) is 0. The fourth-order valence-electron chi connectivity index (χ4n) is 4.73. The number of rotatable bonds is 7. The predicted octanol–water partition coefficient (Wildman–Crippen LogP) is 8.61. The van der Waals surface area contributed by atoms with Crippen LogP contribution in [0.5, 0.6) is 11.5 Å². The number of benzene rings is 5. The number of phenols is 1. The summed E-state index contributed by atoms with van der Waals surface area (Å²) < 4.78 is 5.44. The highest BCUT2D eigenvalue weighted by atomic mass is 35.5. The number of hydrogen-bond donors (Lipinski definition) is 4. The van der Waals surface area contributed by atoms with Crippen molar-refractivity contribution in [3.05, 3.63) is 119 Å². The number of carbonyl (C=O) groups excluding carboxylic acids is 2. The lowest BCUT2D eigenvalue weighted by Gasteiger charge is -2.11. The second-order valence-corrected chi connectivity index (χ2v) is 10.0. The van der Waals surface area contributed by atoms with Crippen LogP contribution < -0.4 is 15.4 Å². The number of H-pyrrole nitrogens is 1. The molecule has 0 unspecified atom stereocenters. The second kappa shape index (κ2) is 11.7. The van der Waals surface area contributed by atoms with Gasteiger partial charge in [0.1, 0.15) is 22.7 Å². The number of nitrogens with one attached hydrogen (secondary N) is 3. The van der Waals surface area contributed by atoms with E-state index >= 15 is 0 Å². The number of nitrogens with zero attached hydrogens (tertiary/aromatic N) is 2. The van der Waals surface area contributed by atoms with Crippen LogP contribution in [-0.2, 0) is 0 Å². The van der Waals surface area contributed by atoms with E-state index in [4.69, 9.17) is 16.3 Å². The largest absolute Gasteiger partial charge is 0.505 e. The maximum Gasteiger partial charge on any atom is 0.261 e. The zero-order chi connectivity index (χ0) is 29.9. The van der Waals surface area contributed by atoms with E-state index < -0.39 is 5.91 Å². The Hall–Kier alpha value is -5.67. The van der Waals surface area contributed by atoms with Crippen molar-refractivity contribution in [1.82, 2.24) is 4.98 Å². The molecule has 6 aromatic rings. The number of ether oxygens (including phenoxy) is 1. The zero-order valence-corrected chi connectivity index (χ0v) is 23.5. The quantitative estimate of drug-likeness (QED) is 0.139. The van der Waals surface area contributed by atoms with Gasteiger partial charge in [-0.3, -0.25) is 9.59 Å². The average Bonchev–Trinajstić information content (AvgIpc) is 3.39. The molecule has 0 saturated heterocycles. The highest BCUT2D eigenvalue weighted by Gasteiger charge is 2.23. The molecule has 2 amide bonds. The smallest absolute Gasteiger partial charge is 0.261 e. The first-order valence-electron chi connectivity index (χ1n) is 13.2. The van der Waals surface area contributed by atoms with Crippen LogP contribution in [0.25, 0.3) is 21.8 Å². The summed E-state index contributed by atoms with van der Waals surface area (Å²) in [5.74, 6) is -0.889. The first-order chi connectivity index (χ1) is 20.9. The van der Waals surface area contributed by atoms with Gasteiger partial charge in [0.05, 0.1) is 12.6 Å². The number of methoxy groups -OCH3 is 1. The lowest BCUT2D eigenvalue weighted by atomic mass is 10.1. The maximum atomic E-state index is 13.5. The van der Waals surface area contributed by atoms with Gasteiger partial charge in [-0.25, -0.2) is 0 Å². The van der Waals surface area contributed by atoms with Crippen molar-refractivity contribution >= 4 is 68.0 Å². The zero-order valence-electron chi connectivity index (χ0n) is 22.8. The van der Waals surface area contributed by atoms with E-state index in [1.165, 1.54) is 13.2 Å². The Morgan fingerprint density at radius 2 is 1.44 bits per heavy atom. The Bertz CT molecular complexity index is 2020. The molecule has 0 fully saturated rings. The van der Waals surface area contributed by atoms with Crippen molar-refractivity contribution in [3.8, 4) is 11.5 Å². The SMILES string of the molecule is COc1ccc(C(=O)Nc2ccccc2)cc1N=Nc1cc2c([nH]c3ccccc32)c(C(=O)Nc2ccc(Cl)cc2)c1O. The van der Waals surface area contributed by atoms with Crippen LogP contribution >= 0.6 is 11.6 Å². The van der Waals surface area contributed by atoms with Gasteiger partial charge in [0.25, 0.3) is 11.8 Å². The molecule has 0 radical (unpaired) electrons. The Balaban J connectivity index is 1.41. The van der Waals surface area contributed by atoms with Gasteiger partial charge in [-0.1, -0.05) is 48.0 Å². The average molecular weight is 590 g/mol. The third kappa shape index (κ3) is 5.61. The fourth-order valence-corrected chi connectivity index (χ4v) is 4.85. The van der Waals surface area contributed by atoms with Gasteiger partial charge < -0.3 is 25.5 Å². The van der Waals surface area contributed by atoms with Crippen LogP contribution in [0, 0.1) is 0 Å². The number of halogens is 1. The Labute approximate surface area is 250 Å². The molecule has 43 heavy (non-hydrogen) atoms. The summed E-state index contributed by atoms with van der Waals surface area (Å²) in [4.78, 5) is 29.7. The molecule has 6 rings (SSSR count). The van der Waals surface area contributed by atoms with Crippen molar-refractivity contribution < 1.29 is 19.4 Å². The highest BCUT2D eigenvalue weighted by Crippen LogP contribution is 2.41. The van der Waals surface area contributed by atoms with Crippen LogP contribution in [0.4, 0.5) is 22.7 Å². The molecule has 0 aliphatic rings. The van der Waals surface area contributed by atoms with E-state index in [1.54, 1.807) is 54.6 Å². The molecule has 0 saturated carbocycles. The summed E-state index contributed by atoms with van der Waals surface area (Å²) in [6, 6.07) is 29.7. The Morgan fingerprint density at radius 1 is 0.767 bits per heavy atom. The molecule has 0 bridgehead atoms. The minimum atomic E-state index is -0.550. The predicted molar refractivity (Wildman–Crippen MR) is 168 cm³/mol. The molecular weight excluding hydrogens is 566 g/mol. The molecule has 212 valence electrons. The molecule has 1 aromatic heterocycles. The number of carbonyl (C=O) groups is 2. The minimum absolute atomic E-state index is 0.000514. The number of fused-ring (bicyclic) bond motifs is 3. The van der Waals surface area contributed by atoms with E-state index in [-0.39, 0.29) is 28.6 Å².